The van der Waals surface area contributed by atoms with Gasteiger partial charge in [0.15, 0.2) is 22.5 Å². The van der Waals surface area contributed by atoms with Gasteiger partial charge in [0.25, 0.3) is 0 Å². The highest BCUT2D eigenvalue weighted by Crippen LogP contribution is 2.24. The van der Waals surface area contributed by atoms with E-state index in [4.69, 9.17) is 9.15 Å². The van der Waals surface area contributed by atoms with Crippen LogP contribution in [0.3, 0.4) is 0 Å². The molecule has 110 valence electrons. The summed E-state index contributed by atoms with van der Waals surface area (Å²) >= 11 is 0. The summed E-state index contributed by atoms with van der Waals surface area (Å²) in [6.07, 6.45) is 0.0350. The first-order chi connectivity index (χ1) is 10.7. The molecule has 22 heavy (non-hydrogen) atoms. The van der Waals surface area contributed by atoms with Gasteiger partial charge >= 0.3 is 0 Å². The molecule has 0 amide bonds. The van der Waals surface area contributed by atoms with Crippen molar-refractivity contribution in [2.75, 3.05) is 7.11 Å². The maximum absolute atomic E-state index is 12.2. The summed E-state index contributed by atoms with van der Waals surface area (Å²) in [5.41, 5.74) is 0.773. The number of ketones is 1. The monoisotopic (exact) mass is 294 g/mol. The average molecular weight is 294 g/mol. The first kappa shape index (κ1) is 14.1. The van der Waals surface area contributed by atoms with E-state index in [9.17, 15) is 9.59 Å². The van der Waals surface area contributed by atoms with Gasteiger partial charge in [0.2, 0.25) is 0 Å². The van der Waals surface area contributed by atoms with Crippen molar-refractivity contribution in [1.29, 1.82) is 0 Å². The van der Waals surface area contributed by atoms with E-state index >= 15 is 0 Å². The highest BCUT2D eigenvalue weighted by molar-refractivity contribution is 5.97. The Kier molecular flexibility index (Phi) is 3.74. The van der Waals surface area contributed by atoms with Crippen molar-refractivity contribution in [2.24, 2.45) is 0 Å². The molecule has 0 aliphatic heterocycles. The Hall–Kier alpha value is -2.88. The molecule has 0 fully saturated rings. The van der Waals surface area contributed by atoms with Gasteiger partial charge in [-0.25, -0.2) is 0 Å². The van der Waals surface area contributed by atoms with Crippen LogP contribution in [-0.4, -0.2) is 12.9 Å². The molecule has 0 aliphatic rings. The zero-order valence-electron chi connectivity index (χ0n) is 12.0. The Labute approximate surface area is 127 Å². The molecule has 3 aromatic rings. The highest BCUT2D eigenvalue weighted by Gasteiger charge is 2.13. The number of rotatable bonds is 4. The van der Waals surface area contributed by atoms with Gasteiger partial charge in [-0.15, -0.1) is 0 Å². The molecular formula is C18H14O4. The minimum Gasteiger partial charge on any atom is -0.493 e. The number of methoxy groups -OCH3 is 1. The summed E-state index contributed by atoms with van der Waals surface area (Å²) < 4.78 is 10.9. The molecule has 1 aromatic heterocycles. The van der Waals surface area contributed by atoms with Crippen LogP contribution >= 0.6 is 0 Å². The van der Waals surface area contributed by atoms with Crippen molar-refractivity contribution in [2.45, 2.75) is 6.42 Å². The van der Waals surface area contributed by atoms with Gasteiger partial charge in [-0.1, -0.05) is 36.4 Å². The van der Waals surface area contributed by atoms with E-state index in [1.54, 1.807) is 42.5 Å². The van der Waals surface area contributed by atoms with Crippen molar-refractivity contribution in [1.82, 2.24) is 0 Å². The Morgan fingerprint density at radius 2 is 1.86 bits per heavy atom. The van der Waals surface area contributed by atoms with Crippen LogP contribution < -0.4 is 10.2 Å². The van der Waals surface area contributed by atoms with Crippen molar-refractivity contribution in [3.05, 3.63) is 76.1 Å². The minimum absolute atomic E-state index is 0.0350. The maximum Gasteiger partial charge on any atom is 0.193 e. The Morgan fingerprint density at radius 3 is 2.59 bits per heavy atom. The molecule has 1 heterocycles. The molecule has 0 radical (unpaired) electrons. The van der Waals surface area contributed by atoms with Gasteiger partial charge in [0.1, 0.15) is 5.76 Å². The lowest BCUT2D eigenvalue weighted by Gasteiger charge is -2.06. The Balaban J connectivity index is 2.02. The molecule has 0 unspecified atom stereocenters. The van der Waals surface area contributed by atoms with Crippen LogP contribution in [0.5, 0.6) is 5.75 Å². The molecular weight excluding hydrogens is 280 g/mol. The van der Waals surface area contributed by atoms with E-state index in [0.29, 0.717) is 28.0 Å². The first-order valence-electron chi connectivity index (χ1n) is 6.87. The topological polar surface area (TPSA) is 56.5 Å². The molecule has 3 rings (SSSR count). The van der Waals surface area contributed by atoms with Crippen LogP contribution in [0.25, 0.3) is 11.0 Å². The summed E-state index contributed by atoms with van der Waals surface area (Å²) in [5.74, 6) is 0.706. The van der Waals surface area contributed by atoms with Gasteiger partial charge in [0.05, 0.1) is 18.9 Å². The molecule has 0 N–H and O–H groups in total. The van der Waals surface area contributed by atoms with Crippen molar-refractivity contribution in [3.63, 3.8) is 0 Å². The second-order valence-corrected chi connectivity index (χ2v) is 4.88. The SMILES string of the molecule is COc1cccc2c(=O)cc(CC(=O)c3ccccc3)oc12. The van der Waals surface area contributed by atoms with E-state index in [2.05, 4.69) is 0 Å². The van der Waals surface area contributed by atoms with Crippen LogP contribution in [-0.2, 0) is 6.42 Å². The summed E-state index contributed by atoms with van der Waals surface area (Å²) in [7, 11) is 1.51. The Bertz CT molecular complexity index is 878. The highest BCUT2D eigenvalue weighted by atomic mass is 16.5. The van der Waals surface area contributed by atoms with Crippen LogP contribution in [0.1, 0.15) is 16.1 Å². The molecule has 4 nitrogen and oxygen atoms in total. The lowest BCUT2D eigenvalue weighted by molar-refractivity contribution is 0.0987. The normalized spacial score (nSPS) is 10.6. The number of hydrogen-bond acceptors (Lipinski definition) is 4. The predicted octanol–water partition coefficient (Wildman–Crippen LogP) is 3.23. The summed E-state index contributed by atoms with van der Waals surface area (Å²) in [6, 6.07) is 15.4. The quantitative estimate of drug-likeness (QED) is 0.693. The third kappa shape index (κ3) is 2.63. The number of Topliss-reactive ketones (excluding diaryl/α,β-unsaturated/α-hetero) is 1. The third-order valence-electron chi connectivity index (χ3n) is 3.42. The van der Waals surface area contributed by atoms with Crippen molar-refractivity contribution in [3.8, 4) is 5.75 Å². The lowest BCUT2D eigenvalue weighted by atomic mass is 10.1. The van der Waals surface area contributed by atoms with Crippen LogP contribution in [0.4, 0.5) is 0 Å². The van der Waals surface area contributed by atoms with Crippen molar-refractivity contribution >= 4 is 16.8 Å². The van der Waals surface area contributed by atoms with Crippen LogP contribution in [0.2, 0.25) is 0 Å². The van der Waals surface area contributed by atoms with Crippen LogP contribution in [0.15, 0.2) is 63.8 Å². The minimum atomic E-state index is -0.184. The largest absolute Gasteiger partial charge is 0.493 e. The fourth-order valence-electron chi connectivity index (χ4n) is 2.33. The molecule has 2 aromatic carbocycles. The molecule has 0 spiro atoms. The fraction of sp³-hybridized carbons (Fsp3) is 0.111. The second kappa shape index (κ2) is 5.85. The number of carbonyl (C=O) groups excluding carboxylic acids is 1. The standard InChI is InChI=1S/C18H14O4/c1-21-17-9-5-8-14-16(20)11-13(22-18(14)17)10-15(19)12-6-3-2-4-7-12/h2-9,11H,10H2,1H3. The zero-order chi connectivity index (χ0) is 15.5. The number of carbonyl (C=O) groups is 1. The number of hydrogen-bond donors (Lipinski definition) is 0. The molecule has 0 atom stereocenters. The third-order valence-corrected chi connectivity index (χ3v) is 3.42. The molecule has 0 bridgehead atoms. The van der Waals surface area contributed by atoms with E-state index < -0.39 is 0 Å². The van der Waals surface area contributed by atoms with E-state index in [-0.39, 0.29) is 17.6 Å². The summed E-state index contributed by atoms with van der Waals surface area (Å²) in [6.45, 7) is 0. The lowest BCUT2D eigenvalue weighted by Crippen LogP contribution is -2.08. The average Bonchev–Trinajstić information content (AvgIpc) is 2.55. The summed E-state index contributed by atoms with van der Waals surface area (Å²) in [4.78, 5) is 24.4. The number of ether oxygens (including phenoxy) is 1. The predicted molar refractivity (Wildman–Crippen MR) is 83.5 cm³/mol. The van der Waals surface area contributed by atoms with Gasteiger partial charge in [-0.3, -0.25) is 9.59 Å². The van der Waals surface area contributed by atoms with Gasteiger partial charge < -0.3 is 9.15 Å². The number of para-hydroxylation sites is 1. The van der Waals surface area contributed by atoms with E-state index in [1.807, 2.05) is 6.07 Å². The van der Waals surface area contributed by atoms with Gasteiger partial charge in [0, 0.05) is 11.6 Å². The first-order valence-corrected chi connectivity index (χ1v) is 6.87. The summed E-state index contributed by atoms with van der Waals surface area (Å²) in [5, 5.41) is 0.440. The van der Waals surface area contributed by atoms with Crippen molar-refractivity contribution < 1.29 is 13.9 Å². The van der Waals surface area contributed by atoms with Crippen LogP contribution in [0, 0.1) is 0 Å². The molecule has 0 saturated carbocycles. The molecule has 4 heteroatoms. The fourth-order valence-corrected chi connectivity index (χ4v) is 2.33. The number of fused-ring (bicyclic) bond motifs is 1. The van der Waals surface area contributed by atoms with E-state index in [0.717, 1.165) is 0 Å². The second-order valence-electron chi connectivity index (χ2n) is 4.88. The number of benzene rings is 2. The zero-order valence-corrected chi connectivity index (χ0v) is 12.0. The van der Waals surface area contributed by atoms with Gasteiger partial charge in [-0.05, 0) is 12.1 Å². The molecule has 0 saturated heterocycles. The molecule has 0 aliphatic carbocycles. The van der Waals surface area contributed by atoms with Gasteiger partial charge in [-0.2, -0.15) is 0 Å². The Morgan fingerprint density at radius 1 is 1.09 bits per heavy atom. The van der Waals surface area contributed by atoms with E-state index in [1.165, 1.54) is 13.2 Å². The smallest absolute Gasteiger partial charge is 0.193 e. The maximum atomic E-state index is 12.2.